The fraction of sp³-hybridized carbons (Fsp3) is 0.263. The number of hydrogen-bond donors (Lipinski definition) is 2. The molecule has 0 radical (unpaired) electrons. The van der Waals surface area contributed by atoms with Crippen molar-refractivity contribution in [2.45, 2.75) is 27.2 Å². The van der Waals surface area contributed by atoms with Gasteiger partial charge < -0.3 is 15.2 Å². The van der Waals surface area contributed by atoms with Crippen LogP contribution in [0.1, 0.15) is 45.2 Å². The maximum atomic E-state index is 12.5. The lowest BCUT2D eigenvalue weighted by Crippen LogP contribution is -2.13. The molecular weight excluding hydrogens is 352 g/mol. The highest BCUT2D eigenvalue weighted by molar-refractivity contribution is 6.09. The highest BCUT2D eigenvalue weighted by atomic mass is 16.6. The Morgan fingerprint density at radius 3 is 2.22 bits per heavy atom. The second kappa shape index (κ2) is 7.86. The summed E-state index contributed by atoms with van der Waals surface area (Å²) >= 11 is 0. The number of nitro groups is 1. The third kappa shape index (κ3) is 3.74. The molecular formula is C19H20N2O6. The molecule has 0 unspecified atom stereocenters. The van der Waals surface area contributed by atoms with E-state index < -0.39 is 16.6 Å². The van der Waals surface area contributed by atoms with Crippen molar-refractivity contribution >= 4 is 28.8 Å². The number of anilines is 2. The summed E-state index contributed by atoms with van der Waals surface area (Å²) in [5.41, 5.74) is 1.76. The molecule has 0 aliphatic rings. The molecule has 2 aromatic carbocycles. The van der Waals surface area contributed by atoms with Crippen LogP contribution in [-0.2, 0) is 4.74 Å². The number of hydrogen-bond acceptors (Lipinski definition) is 7. The van der Waals surface area contributed by atoms with Gasteiger partial charge in [0.15, 0.2) is 5.78 Å². The SMILES string of the molecule is CCC(=O)c1c(O)c(C(=O)OC)c(C)c(C)c1Nc1ccc([N+](=O)[O-])cc1. The van der Waals surface area contributed by atoms with E-state index in [2.05, 4.69) is 5.32 Å². The van der Waals surface area contributed by atoms with Gasteiger partial charge in [0.2, 0.25) is 0 Å². The summed E-state index contributed by atoms with van der Waals surface area (Å²) in [6.07, 6.45) is 0.117. The lowest BCUT2D eigenvalue weighted by molar-refractivity contribution is -0.384. The van der Waals surface area contributed by atoms with Crippen LogP contribution in [0.4, 0.5) is 17.1 Å². The Bertz CT molecular complexity index is 919. The summed E-state index contributed by atoms with van der Waals surface area (Å²) in [4.78, 5) is 34.8. The minimum absolute atomic E-state index is 0.0145. The van der Waals surface area contributed by atoms with Crippen molar-refractivity contribution in [2.75, 3.05) is 12.4 Å². The van der Waals surface area contributed by atoms with Crippen LogP contribution in [-0.4, -0.2) is 28.9 Å². The molecule has 0 fully saturated rings. The number of carbonyl (C=O) groups excluding carboxylic acids is 2. The number of ether oxygens (including phenoxy) is 1. The number of aromatic hydroxyl groups is 1. The summed E-state index contributed by atoms with van der Waals surface area (Å²) in [7, 11) is 1.20. The van der Waals surface area contributed by atoms with Crippen molar-refractivity contribution in [2.24, 2.45) is 0 Å². The standard InChI is InChI=1S/C19H20N2O6/c1-5-14(22)16-17(20-12-6-8-13(9-7-12)21(25)26)11(3)10(2)15(18(16)23)19(24)27-4/h6-9,20,23H,5H2,1-4H3. The summed E-state index contributed by atoms with van der Waals surface area (Å²) in [6, 6.07) is 5.65. The summed E-state index contributed by atoms with van der Waals surface area (Å²) in [6.45, 7) is 4.99. The molecule has 0 aromatic heterocycles. The first kappa shape index (κ1) is 19.9. The van der Waals surface area contributed by atoms with Gasteiger partial charge in [0.25, 0.3) is 5.69 Å². The van der Waals surface area contributed by atoms with Gasteiger partial charge in [-0.05, 0) is 37.1 Å². The van der Waals surface area contributed by atoms with Gasteiger partial charge in [0, 0.05) is 24.2 Å². The summed E-state index contributed by atoms with van der Waals surface area (Å²) < 4.78 is 4.72. The highest BCUT2D eigenvalue weighted by Gasteiger charge is 2.27. The second-order valence-corrected chi connectivity index (χ2v) is 5.92. The largest absolute Gasteiger partial charge is 0.506 e. The maximum Gasteiger partial charge on any atom is 0.341 e. The first-order valence-electron chi connectivity index (χ1n) is 8.22. The fourth-order valence-electron chi connectivity index (χ4n) is 2.75. The molecule has 0 aliphatic heterocycles. The zero-order valence-electron chi connectivity index (χ0n) is 15.5. The van der Waals surface area contributed by atoms with Gasteiger partial charge in [-0.2, -0.15) is 0 Å². The Morgan fingerprint density at radius 1 is 1.15 bits per heavy atom. The highest BCUT2D eigenvalue weighted by Crippen LogP contribution is 2.39. The van der Waals surface area contributed by atoms with Crippen LogP contribution < -0.4 is 5.32 Å². The van der Waals surface area contributed by atoms with Crippen molar-refractivity contribution < 1.29 is 24.4 Å². The van der Waals surface area contributed by atoms with Gasteiger partial charge >= 0.3 is 5.97 Å². The lowest BCUT2D eigenvalue weighted by atomic mass is 9.92. The van der Waals surface area contributed by atoms with E-state index in [9.17, 15) is 24.8 Å². The Kier molecular flexibility index (Phi) is 5.79. The van der Waals surface area contributed by atoms with Crippen LogP contribution >= 0.6 is 0 Å². The second-order valence-electron chi connectivity index (χ2n) is 5.92. The van der Waals surface area contributed by atoms with E-state index in [1.165, 1.54) is 31.4 Å². The van der Waals surface area contributed by atoms with Crippen molar-refractivity contribution in [3.8, 4) is 5.75 Å². The van der Waals surface area contributed by atoms with Crippen LogP contribution in [0.3, 0.4) is 0 Å². The number of phenols is 1. The van der Waals surface area contributed by atoms with Gasteiger partial charge in [0.05, 0.1) is 23.3 Å². The summed E-state index contributed by atoms with van der Waals surface area (Å²) in [5.74, 6) is -1.54. The minimum Gasteiger partial charge on any atom is -0.506 e. The molecule has 0 spiro atoms. The molecule has 8 heteroatoms. The third-order valence-electron chi connectivity index (χ3n) is 4.37. The zero-order chi connectivity index (χ0) is 20.3. The van der Waals surface area contributed by atoms with Gasteiger partial charge in [-0.3, -0.25) is 14.9 Å². The molecule has 2 aromatic rings. The molecule has 0 aliphatic carbocycles. The molecule has 0 atom stereocenters. The van der Waals surface area contributed by atoms with Gasteiger partial charge in [0.1, 0.15) is 11.3 Å². The quantitative estimate of drug-likeness (QED) is 0.340. The Labute approximate surface area is 155 Å². The Balaban J connectivity index is 2.65. The van der Waals surface area contributed by atoms with Crippen LogP contribution in [0, 0.1) is 24.0 Å². The first-order chi connectivity index (χ1) is 12.7. The number of nitrogens with zero attached hydrogens (tertiary/aromatic N) is 1. The zero-order valence-corrected chi connectivity index (χ0v) is 15.5. The van der Waals surface area contributed by atoms with E-state index in [0.717, 1.165) is 0 Å². The number of nitrogens with one attached hydrogen (secondary N) is 1. The molecule has 2 N–H and O–H groups in total. The normalized spacial score (nSPS) is 10.4. The van der Waals surface area contributed by atoms with E-state index in [-0.39, 0.29) is 29.0 Å². The molecule has 8 nitrogen and oxygen atoms in total. The van der Waals surface area contributed by atoms with Crippen molar-refractivity contribution in [1.82, 2.24) is 0 Å². The van der Waals surface area contributed by atoms with Crippen LogP contribution in [0.5, 0.6) is 5.75 Å². The van der Waals surface area contributed by atoms with E-state index in [4.69, 9.17) is 4.74 Å². The number of non-ortho nitro benzene ring substituents is 1. The number of methoxy groups -OCH3 is 1. The van der Waals surface area contributed by atoms with Crippen LogP contribution in [0.2, 0.25) is 0 Å². The first-order valence-corrected chi connectivity index (χ1v) is 8.22. The number of nitro benzene ring substituents is 1. The number of rotatable bonds is 6. The van der Waals surface area contributed by atoms with Crippen molar-refractivity contribution in [1.29, 1.82) is 0 Å². The molecule has 0 amide bonds. The molecule has 142 valence electrons. The lowest BCUT2D eigenvalue weighted by Gasteiger charge is -2.20. The predicted molar refractivity (Wildman–Crippen MR) is 99.9 cm³/mol. The number of ketones is 1. The van der Waals surface area contributed by atoms with Gasteiger partial charge in [-0.15, -0.1) is 0 Å². The third-order valence-corrected chi connectivity index (χ3v) is 4.37. The molecule has 27 heavy (non-hydrogen) atoms. The monoisotopic (exact) mass is 372 g/mol. The van der Waals surface area contributed by atoms with E-state index in [0.29, 0.717) is 22.5 Å². The van der Waals surface area contributed by atoms with Crippen molar-refractivity contribution in [3.63, 3.8) is 0 Å². The van der Waals surface area contributed by atoms with Crippen molar-refractivity contribution in [3.05, 3.63) is 56.6 Å². The molecule has 0 saturated carbocycles. The van der Waals surface area contributed by atoms with E-state index >= 15 is 0 Å². The van der Waals surface area contributed by atoms with Gasteiger partial charge in [-0.25, -0.2) is 4.79 Å². The number of esters is 1. The molecule has 0 bridgehead atoms. The predicted octanol–water partition coefficient (Wildman–Crippen LogP) is 4.04. The number of benzene rings is 2. The molecule has 2 rings (SSSR count). The number of carbonyl (C=O) groups is 2. The fourth-order valence-corrected chi connectivity index (χ4v) is 2.75. The Hall–Kier alpha value is -3.42. The minimum atomic E-state index is -0.736. The smallest absolute Gasteiger partial charge is 0.341 e. The van der Waals surface area contributed by atoms with Crippen LogP contribution in [0.25, 0.3) is 0 Å². The Morgan fingerprint density at radius 2 is 1.74 bits per heavy atom. The molecule has 0 saturated heterocycles. The maximum absolute atomic E-state index is 12.5. The topological polar surface area (TPSA) is 119 Å². The number of Topliss-reactive ketones (excluding diaryl/α,β-unsaturated/α-hetero) is 1. The van der Waals surface area contributed by atoms with E-state index in [1.54, 1.807) is 20.8 Å². The number of phenolic OH excluding ortho intramolecular Hbond substituents is 1. The average Bonchev–Trinajstić information content (AvgIpc) is 2.65. The summed E-state index contributed by atoms with van der Waals surface area (Å²) in [5, 5.41) is 24.4. The van der Waals surface area contributed by atoms with Gasteiger partial charge in [-0.1, -0.05) is 6.92 Å². The van der Waals surface area contributed by atoms with E-state index in [1.807, 2.05) is 0 Å². The van der Waals surface area contributed by atoms with Crippen LogP contribution in [0.15, 0.2) is 24.3 Å². The molecule has 0 heterocycles. The average molecular weight is 372 g/mol.